The van der Waals surface area contributed by atoms with Gasteiger partial charge in [-0.1, -0.05) is 121 Å². The molecule has 0 bridgehead atoms. The number of hydrogen-bond acceptors (Lipinski definition) is 4. The van der Waals surface area contributed by atoms with Crippen LogP contribution in [0, 0.1) is 0 Å². The quantitative estimate of drug-likeness (QED) is 0.104. The van der Waals surface area contributed by atoms with Gasteiger partial charge < -0.3 is 0 Å². The van der Waals surface area contributed by atoms with Gasteiger partial charge in [0, 0.05) is 22.3 Å². The van der Waals surface area contributed by atoms with Gasteiger partial charge in [0.15, 0.2) is 0 Å². The third-order valence-electron chi connectivity index (χ3n) is 6.42. The maximum Gasteiger partial charge on any atom is 0.233 e. The Balaban J connectivity index is 0.000000150. The first-order valence-corrected chi connectivity index (χ1v) is 17.5. The predicted molar refractivity (Wildman–Crippen MR) is 167 cm³/mol. The average molecular weight is 729 g/mol. The summed E-state index contributed by atoms with van der Waals surface area (Å²) in [7, 11) is 0. The van der Waals surface area contributed by atoms with Crippen molar-refractivity contribution in [3.05, 3.63) is 187 Å². The maximum absolute atomic E-state index is 11.8. The summed E-state index contributed by atoms with van der Waals surface area (Å²) in [4.78, 5) is 47.2. The Labute approximate surface area is 263 Å². The van der Waals surface area contributed by atoms with Gasteiger partial charge in [0.2, 0.25) is 23.1 Å². The third kappa shape index (κ3) is 9.73. The minimum Gasteiger partial charge on any atom is -0.285 e. The molecule has 2 aliphatic carbocycles. The largest absolute Gasteiger partial charge is 0.285 e. The average Bonchev–Trinajstić information content (AvgIpc) is 3.81. The van der Waals surface area contributed by atoms with Crippen LogP contribution in [-0.4, -0.2) is 23.1 Å². The minimum atomic E-state index is -0.526. The van der Waals surface area contributed by atoms with Crippen LogP contribution < -0.4 is 0 Å². The summed E-state index contributed by atoms with van der Waals surface area (Å²) in [5.41, 5.74) is 1.71. The Morgan fingerprint density at radius 2 is 0.651 bits per heavy atom. The van der Waals surface area contributed by atoms with E-state index in [9.17, 15) is 19.2 Å². The third-order valence-corrected chi connectivity index (χ3v) is 11.4. The standard InChI is InChI=1S/2C14H10O2.2C5H5.Hf/c2*15-13(11-7-3-1-4-8-11)14(16)12-9-5-2-6-10-12;2*1-2-4-5-3-1;/h2*1-10H;2*1-3H,4H2;. The van der Waals surface area contributed by atoms with Crippen LogP contribution in [0.5, 0.6) is 0 Å². The molecular weight excluding hydrogens is 699 g/mol. The molecule has 2 aliphatic rings. The molecule has 0 amide bonds. The molecule has 0 radical (unpaired) electrons. The van der Waals surface area contributed by atoms with Crippen LogP contribution in [0.2, 0.25) is 0 Å². The van der Waals surface area contributed by atoms with Gasteiger partial charge in [-0.05, 0) is 0 Å². The number of rotatable bonds is 8. The number of benzene rings is 4. The van der Waals surface area contributed by atoms with Crippen LogP contribution in [0.4, 0.5) is 0 Å². The van der Waals surface area contributed by atoms with Crippen molar-refractivity contribution < 1.29 is 42.1 Å². The van der Waals surface area contributed by atoms with Gasteiger partial charge in [-0.2, -0.15) is 0 Å². The smallest absolute Gasteiger partial charge is 0.233 e. The van der Waals surface area contributed by atoms with Crippen molar-refractivity contribution in [2.24, 2.45) is 0 Å². The van der Waals surface area contributed by atoms with E-state index < -0.39 is 46.0 Å². The molecule has 4 nitrogen and oxygen atoms in total. The zero-order valence-electron chi connectivity index (χ0n) is 23.6. The van der Waals surface area contributed by atoms with Crippen molar-refractivity contribution in [3.8, 4) is 0 Å². The van der Waals surface area contributed by atoms with E-state index in [0.717, 1.165) is 0 Å². The summed E-state index contributed by atoms with van der Waals surface area (Å²) < 4.78 is 3.50. The second kappa shape index (κ2) is 16.7. The summed E-state index contributed by atoms with van der Waals surface area (Å²) >= 11 is -0.526. The van der Waals surface area contributed by atoms with E-state index in [2.05, 4.69) is 36.5 Å². The normalized spacial score (nSPS) is 12.5. The van der Waals surface area contributed by atoms with Crippen LogP contribution in [0.15, 0.2) is 164 Å². The van der Waals surface area contributed by atoms with Gasteiger partial charge in [-0.15, -0.1) is 0 Å². The molecule has 5 heteroatoms. The maximum atomic E-state index is 11.8. The second-order valence-corrected chi connectivity index (χ2v) is 15.1. The molecule has 0 N–H and O–H groups in total. The second-order valence-electron chi connectivity index (χ2n) is 9.55. The van der Waals surface area contributed by atoms with Crippen molar-refractivity contribution in [1.29, 1.82) is 0 Å². The zero-order chi connectivity index (χ0) is 30.3. The van der Waals surface area contributed by atoms with Gasteiger partial charge in [0.1, 0.15) is 0 Å². The van der Waals surface area contributed by atoms with Crippen LogP contribution in [0.25, 0.3) is 0 Å². The summed E-state index contributed by atoms with van der Waals surface area (Å²) in [5.74, 6) is -1.86. The molecule has 0 heterocycles. The summed E-state index contributed by atoms with van der Waals surface area (Å²) in [6.07, 6.45) is 16.1. The molecule has 0 aliphatic heterocycles. The van der Waals surface area contributed by atoms with E-state index in [4.69, 9.17) is 0 Å². The van der Waals surface area contributed by atoms with Crippen LogP contribution in [-0.2, 0) is 22.9 Å². The zero-order valence-corrected chi connectivity index (χ0v) is 27.2. The Morgan fingerprint density at radius 3 is 0.860 bits per heavy atom. The van der Waals surface area contributed by atoms with Gasteiger partial charge in [0.25, 0.3) is 0 Å². The number of Topliss-reactive ketones (excluding diaryl/α,β-unsaturated/α-hetero) is 4. The van der Waals surface area contributed by atoms with E-state index in [1.54, 1.807) is 104 Å². The molecule has 0 unspecified atom stereocenters. The number of carbonyl (C=O) groups excluding carboxylic acids is 4. The summed E-state index contributed by atoms with van der Waals surface area (Å²) in [5, 5.41) is 0. The number of allylic oxidation sites excluding steroid dienone is 8. The molecule has 0 saturated heterocycles. The predicted octanol–water partition coefficient (Wildman–Crippen LogP) is 8.26. The Hall–Kier alpha value is -4.61. The molecule has 0 saturated carbocycles. The van der Waals surface area contributed by atoms with Crippen molar-refractivity contribution in [1.82, 2.24) is 0 Å². The first kappa shape index (κ1) is 31.3. The number of ketones is 4. The molecule has 4 aromatic rings. The van der Waals surface area contributed by atoms with Gasteiger partial charge in [-0.25, -0.2) is 0 Å². The molecule has 0 aromatic heterocycles. The molecule has 43 heavy (non-hydrogen) atoms. The molecule has 0 spiro atoms. The van der Waals surface area contributed by atoms with E-state index in [0.29, 0.717) is 22.3 Å². The van der Waals surface area contributed by atoms with Crippen molar-refractivity contribution >= 4 is 23.1 Å². The van der Waals surface area contributed by atoms with Crippen molar-refractivity contribution in [2.45, 2.75) is 12.8 Å². The van der Waals surface area contributed by atoms with Gasteiger partial charge in [0.05, 0.1) is 0 Å². The number of carbonyl (C=O) groups is 4. The number of hydrogen-bond donors (Lipinski definition) is 0. The Kier molecular flexibility index (Phi) is 12.2. The molecule has 6 rings (SSSR count). The van der Waals surface area contributed by atoms with Gasteiger partial charge in [-0.3, -0.25) is 19.2 Å². The molecule has 0 fully saturated rings. The van der Waals surface area contributed by atoms with Crippen molar-refractivity contribution in [2.75, 3.05) is 0 Å². The van der Waals surface area contributed by atoms with E-state index in [1.807, 2.05) is 24.3 Å². The Morgan fingerprint density at radius 1 is 0.395 bits per heavy atom. The van der Waals surface area contributed by atoms with Crippen LogP contribution in [0.3, 0.4) is 0 Å². The topological polar surface area (TPSA) is 68.3 Å². The summed E-state index contributed by atoms with van der Waals surface area (Å²) in [6.45, 7) is 0. The fraction of sp³-hybridized carbons (Fsp3) is 0.0526. The summed E-state index contributed by atoms with van der Waals surface area (Å²) in [6, 6.07) is 34.3. The van der Waals surface area contributed by atoms with Crippen LogP contribution in [0.1, 0.15) is 54.3 Å². The minimum absolute atomic E-state index is 0.427. The monoisotopic (exact) mass is 730 g/mol. The van der Waals surface area contributed by atoms with Crippen molar-refractivity contribution in [3.63, 3.8) is 0 Å². The van der Waals surface area contributed by atoms with E-state index >= 15 is 0 Å². The molecule has 210 valence electrons. The van der Waals surface area contributed by atoms with E-state index in [-0.39, 0.29) is 0 Å². The first-order chi connectivity index (χ1) is 21.0. The SMILES string of the molecule is C1=CC[C]([Hf][C]2=CC=CC2)=C1.O=C(C(=O)c1ccccc1)c1ccccc1.O=C(C(=O)c1ccccc1)c1ccccc1. The fourth-order valence-electron chi connectivity index (χ4n) is 4.17. The fourth-order valence-corrected chi connectivity index (χ4v) is 8.52. The van der Waals surface area contributed by atoms with Crippen LogP contribution >= 0.6 is 0 Å². The molecule has 4 aromatic carbocycles. The molecular formula is C38H30HfO4. The molecule has 0 atom stereocenters. The van der Waals surface area contributed by atoms with E-state index in [1.165, 1.54) is 12.8 Å². The van der Waals surface area contributed by atoms with Gasteiger partial charge >= 0.3 is 78.9 Å². The first-order valence-electron chi connectivity index (χ1n) is 13.9. The Bertz CT molecular complexity index is 1440.